The molecule has 4 nitrogen and oxygen atoms in total. The van der Waals surface area contributed by atoms with E-state index in [0.29, 0.717) is 12.1 Å². The number of aromatic carboxylic acids is 1. The van der Waals surface area contributed by atoms with Gasteiger partial charge >= 0.3 is 5.97 Å². The molecule has 0 fully saturated rings. The van der Waals surface area contributed by atoms with Gasteiger partial charge in [-0.2, -0.15) is 0 Å². The summed E-state index contributed by atoms with van der Waals surface area (Å²) in [5, 5.41) is 12.4. The van der Waals surface area contributed by atoms with Crippen molar-refractivity contribution in [2.75, 3.05) is 24.3 Å². The number of hydrogen-bond acceptors (Lipinski definition) is 3. The van der Waals surface area contributed by atoms with E-state index in [9.17, 15) is 4.79 Å². The summed E-state index contributed by atoms with van der Waals surface area (Å²) in [6.45, 7) is 2.48. The number of hydrogen-bond donors (Lipinski definition) is 2. The molecule has 110 valence electrons. The second-order valence-electron chi connectivity index (χ2n) is 5.20. The van der Waals surface area contributed by atoms with Crippen molar-refractivity contribution in [2.45, 2.75) is 13.5 Å². The van der Waals surface area contributed by atoms with Gasteiger partial charge in [0.25, 0.3) is 0 Å². The summed E-state index contributed by atoms with van der Waals surface area (Å²) in [6.07, 6.45) is 0. The van der Waals surface area contributed by atoms with Crippen LogP contribution in [0.5, 0.6) is 0 Å². The summed E-state index contributed by atoms with van der Waals surface area (Å²) in [7, 11) is 4.02. The zero-order valence-electron chi connectivity index (χ0n) is 12.6. The molecule has 0 heterocycles. The monoisotopic (exact) mass is 284 g/mol. The zero-order chi connectivity index (χ0) is 15.4. The largest absolute Gasteiger partial charge is 0.478 e. The Kier molecular flexibility index (Phi) is 4.48. The molecule has 0 atom stereocenters. The first-order valence-corrected chi connectivity index (χ1v) is 6.82. The van der Waals surface area contributed by atoms with Gasteiger partial charge in [-0.05, 0) is 42.3 Å². The molecule has 0 amide bonds. The molecular weight excluding hydrogens is 264 g/mol. The maximum Gasteiger partial charge on any atom is 0.336 e. The number of rotatable bonds is 5. The second kappa shape index (κ2) is 6.31. The van der Waals surface area contributed by atoms with Crippen LogP contribution >= 0.6 is 0 Å². The van der Waals surface area contributed by atoms with Gasteiger partial charge in [-0.3, -0.25) is 0 Å². The molecule has 0 aromatic heterocycles. The van der Waals surface area contributed by atoms with E-state index in [2.05, 4.69) is 34.5 Å². The van der Waals surface area contributed by atoms with Gasteiger partial charge in [0.05, 0.1) is 5.56 Å². The summed E-state index contributed by atoms with van der Waals surface area (Å²) in [6, 6.07) is 13.5. The first-order chi connectivity index (χ1) is 9.99. The molecule has 0 unspecified atom stereocenters. The van der Waals surface area contributed by atoms with Gasteiger partial charge in [0.15, 0.2) is 0 Å². The summed E-state index contributed by atoms with van der Waals surface area (Å²) in [5.41, 5.74) is 4.26. The van der Waals surface area contributed by atoms with Gasteiger partial charge in [0.1, 0.15) is 0 Å². The number of anilines is 2. The predicted molar refractivity (Wildman–Crippen MR) is 86.2 cm³/mol. The van der Waals surface area contributed by atoms with Gasteiger partial charge in [0, 0.05) is 32.0 Å². The van der Waals surface area contributed by atoms with Gasteiger partial charge in [0.2, 0.25) is 0 Å². The zero-order valence-corrected chi connectivity index (χ0v) is 12.6. The smallest absolute Gasteiger partial charge is 0.336 e. The second-order valence-corrected chi connectivity index (χ2v) is 5.20. The average Bonchev–Trinajstić information content (AvgIpc) is 2.46. The molecule has 0 bridgehead atoms. The normalized spacial score (nSPS) is 10.2. The highest BCUT2D eigenvalue weighted by atomic mass is 16.4. The number of nitrogens with one attached hydrogen (secondary N) is 1. The molecule has 2 N–H and O–H groups in total. The lowest BCUT2D eigenvalue weighted by Crippen LogP contribution is -2.09. The van der Waals surface area contributed by atoms with Gasteiger partial charge < -0.3 is 15.3 Å². The van der Waals surface area contributed by atoms with Crippen LogP contribution in [0, 0.1) is 6.92 Å². The molecule has 0 aliphatic heterocycles. The Morgan fingerprint density at radius 3 is 2.38 bits per heavy atom. The first-order valence-electron chi connectivity index (χ1n) is 6.82. The first kappa shape index (κ1) is 14.9. The molecule has 21 heavy (non-hydrogen) atoms. The lowest BCUT2D eigenvalue weighted by atomic mass is 10.1. The quantitative estimate of drug-likeness (QED) is 0.884. The topological polar surface area (TPSA) is 52.6 Å². The highest BCUT2D eigenvalue weighted by Gasteiger charge is 2.09. The van der Waals surface area contributed by atoms with Crippen molar-refractivity contribution in [1.82, 2.24) is 0 Å². The van der Waals surface area contributed by atoms with Crippen LogP contribution < -0.4 is 10.2 Å². The lowest BCUT2D eigenvalue weighted by Gasteiger charge is -2.14. The number of benzene rings is 2. The fourth-order valence-corrected chi connectivity index (χ4v) is 2.17. The van der Waals surface area contributed by atoms with Crippen LogP contribution in [0.1, 0.15) is 21.5 Å². The summed E-state index contributed by atoms with van der Waals surface area (Å²) < 4.78 is 0. The minimum Gasteiger partial charge on any atom is -0.478 e. The van der Waals surface area contributed by atoms with E-state index in [4.69, 9.17) is 5.11 Å². The molecule has 0 aliphatic rings. The maximum atomic E-state index is 11.1. The third-order valence-corrected chi connectivity index (χ3v) is 3.50. The predicted octanol–water partition coefficient (Wildman–Crippen LogP) is 3.37. The van der Waals surface area contributed by atoms with E-state index in [-0.39, 0.29) is 0 Å². The van der Waals surface area contributed by atoms with Crippen molar-refractivity contribution < 1.29 is 9.90 Å². The van der Waals surface area contributed by atoms with Crippen LogP contribution in [0.25, 0.3) is 0 Å². The van der Waals surface area contributed by atoms with Gasteiger partial charge in [-0.1, -0.05) is 18.2 Å². The summed E-state index contributed by atoms with van der Waals surface area (Å²) in [4.78, 5) is 13.2. The van der Waals surface area contributed by atoms with Crippen molar-refractivity contribution in [3.05, 3.63) is 59.2 Å². The molecule has 0 saturated heterocycles. The van der Waals surface area contributed by atoms with Gasteiger partial charge in [-0.15, -0.1) is 0 Å². The van der Waals surface area contributed by atoms with E-state index in [1.54, 1.807) is 12.1 Å². The third-order valence-electron chi connectivity index (χ3n) is 3.50. The Morgan fingerprint density at radius 2 is 1.81 bits per heavy atom. The average molecular weight is 284 g/mol. The lowest BCUT2D eigenvalue weighted by molar-refractivity contribution is 0.0696. The Morgan fingerprint density at radius 1 is 1.14 bits per heavy atom. The molecule has 0 saturated carbocycles. The number of carboxylic acids is 1. The molecule has 0 spiro atoms. The SMILES string of the molecule is Cc1c(NCc2ccc(N(C)C)cc2)cccc1C(=O)O. The van der Waals surface area contributed by atoms with Gasteiger partial charge in [-0.25, -0.2) is 4.79 Å². The Hall–Kier alpha value is -2.49. The van der Waals surface area contributed by atoms with Crippen molar-refractivity contribution >= 4 is 17.3 Å². The molecular formula is C17H20N2O2. The Bertz CT molecular complexity index is 634. The number of nitrogens with zero attached hydrogens (tertiary/aromatic N) is 1. The third kappa shape index (κ3) is 3.54. The molecule has 2 rings (SSSR count). The summed E-state index contributed by atoms with van der Waals surface area (Å²) >= 11 is 0. The number of carboxylic acid groups (broad SMARTS) is 1. The van der Waals surface area contributed by atoms with E-state index in [1.807, 2.05) is 27.1 Å². The van der Waals surface area contributed by atoms with Crippen LogP contribution in [0.15, 0.2) is 42.5 Å². The van der Waals surface area contributed by atoms with E-state index in [0.717, 1.165) is 22.5 Å². The Balaban J connectivity index is 2.09. The fourth-order valence-electron chi connectivity index (χ4n) is 2.17. The molecule has 4 heteroatoms. The van der Waals surface area contributed by atoms with Crippen LogP contribution in [0.4, 0.5) is 11.4 Å². The molecule has 2 aromatic carbocycles. The maximum absolute atomic E-state index is 11.1. The van der Waals surface area contributed by atoms with E-state index in [1.165, 1.54) is 0 Å². The highest BCUT2D eigenvalue weighted by molar-refractivity contribution is 5.91. The van der Waals surface area contributed by atoms with Crippen LogP contribution in [0.3, 0.4) is 0 Å². The highest BCUT2D eigenvalue weighted by Crippen LogP contribution is 2.20. The molecule has 0 radical (unpaired) electrons. The fraction of sp³-hybridized carbons (Fsp3) is 0.235. The minimum absolute atomic E-state index is 0.336. The standard InChI is InChI=1S/C17H20N2O2/c1-12-15(17(20)21)5-4-6-16(12)18-11-13-7-9-14(10-8-13)19(2)3/h4-10,18H,11H2,1-3H3,(H,20,21). The van der Waals surface area contributed by atoms with E-state index >= 15 is 0 Å². The van der Waals surface area contributed by atoms with Crippen molar-refractivity contribution in [3.8, 4) is 0 Å². The number of carbonyl (C=O) groups is 1. The van der Waals surface area contributed by atoms with Crippen molar-refractivity contribution in [2.24, 2.45) is 0 Å². The molecule has 2 aromatic rings. The van der Waals surface area contributed by atoms with Crippen molar-refractivity contribution in [3.63, 3.8) is 0 Å². The minimum atomic E-state index is -0.897. The van der Waals surface area contributed by atoms with Crippen molar-refractivity contribution in [1.29, 1.82) is 0 Å². The van der Waals surface area contributed by atoms with E-state index < -0.39 is 5.97 Å². The molecule has 0 aliphatic carbocycles. The van der Waals surface area contributed by atoms with Crippen LogP contribution in [-0.2, 0) is 6.54 Å². The Labute approximate surface area is 125 Å². The van der Waals surface area contributed by atoms with Crippen LogP contribution in [0.2, 0.25) is 0 Å². The van der Waals surface area contributed by atoms with Crippen LogP contribution in [-0.4, -0.2) is 25.2 Å². The summed E-state index contributed by atoms with van der Waals surface area (Å²) in [5.74, 6) is -0.897.